The maximum absolute atomic E-state index is 11.6. The lowest BCUT2D eigenvalue weighted by Gasteiger charge is -2.04. The van der Waals surface area contributed by atoms with Crippen LogP contribution in [-0.2, 0) is 0 Å². The van der Waals surface area contributed by atoms with E-state index in [9.17, 15) is 9.59 Å². The van der Waals surface area contributed by atoms with Crippen LogP contribution in [-0.4, -0.2) is 10.8 Å². The molecule has 0 aliphatic heterocycles. The Bertz CT molecular complexity index is 663. The van der Waals surface area contributed by atoms with Gasteiger partial charge in [0.1, 0.15) is 11.6 Å². The highest BCUT2D eigenvalue weighted by Crippen LogP contribution is 2.25. The van der Waals surface area contributed by atoms with Crippen LogP contribution in [0.2, 0.25) is 0 Å². The van der Waals surface area contributed by atoms with Crippen molar-refractivity contribution in [2.75, 3.05) is 0 Å². The van der Waals surface area contributed by atoms with Crippen LogP contribution in [0.1, 0.15) is 22.8 Å². The zero-order valence-corrected chi connectivity index (χ0v) is 9.80. The Hall–Kier alpha value is -2.19. The predicted octanol–water partition coefficient (Wildman–Crippen LogP) is 2.18. The zero-order valence-electron chi connectivity index (χ0n) is 8.98. The van der Waals surface area contributed by atoms with E-state index in [0.717, 1.165) is 4.88 Å². The van der Waals surface area contributed by atoms with Crippen molar-refractivity contribution >= 4 is 17.1 Å². The van der Waals surface area contributed by atoms with Gasteiger partial charge in [-0.3, -0.25) is 9.59 Å². The summed E-state index contributed by atoms with van der Waals surface area (Å²) in [5.41, 5.74) is 0.330. The third-order valence-electron chi connectivity index (χ3n) is 2.31. The number of carbonyl (C=O) groups is 1. The molecule has 4 nitrogen and oxygen atoms in total. The van der Waals surface area contributed by atoms with E-state index in [-0.39, 0.29) is 11.3 Å². The minimum atomic E-state index is -0.471. The highest BCUT2D eigenvalue weighted by Gasteiger charge is 2.14. The number of rotatable bonds is 2. The first kappa shape index (κ1) is 11.3. The second-order valence-electron chi connectivity index (χ2n) is 3.45. The molecule has 0 bridgehead atoms. The van der Waals surface area contributed by atoms with Crippen molar-refractivity contribution in [1.29, 1.82) is 5.26 Å². The monoisotopic (exact) mass is 244 g/mol. The number of H-pyrrole nitrogens is 1. The van der Waals surface area contributed by atoms with Crippen molar-refractivity contribution in [2.24, 2.45) is 0 Å². The summed E-state index contributed by atoms with van der Waals surface area (Å²) >= 11 is 1.42. The number of hydrogen-bond donors (Lipinski definition) is 1. The highest BCUT2D eigenvalue weighted by atomic mass is 32.1. The molecule has 0 amide bonds. The fraction of sp³-hybridized carbons (Fsp3) is 0.0833. The Kier molecular flexibility index (Phi) is 2.90. The topological polar surface area (TPSA) is 73.7 Å². The summed E-state index contributed by atoms with van der Waals surface area (Å²) in [5.74, 6) is -0.179. The molecule has 0 saturated carbocycles. The molecular weight excluding hydrogens is 236 g/mol. The van der Waals surface area contributed by atoms with Crippen molar-refractivity contribution in [3.8, 4) is 16.6 Å². The van der Waals surface area contributed by atoms with Crippen molar-refractivity contribution < 1.29 is 4.79 Å². The number of hydrogen-bond acceptors (Lipinski definition) is 4. The van der Waals surface area contributed by atoms with Gasteiger partial charge in [0.25, 0.3) is 5.56 Å². The van der Waals surface area contributed by atoms with Crippen LogP contribution in [0.4, 0.5) is 0 Å². The van der Waals surface area contributed by atoms with Gasteiger partial charge in [0, 0.05) is 5.56 Å². The van der Waals surface area contributed by atoms with Crippen LogP contribution < -0.4 is 5.56 Å². The molecule has 0 spiro atoms. The molecular formula is C12H8N2O2S. The smallest absolute Gasteiger partial charge is 0.266 e. The maximum Gasteiger partial charge on any atom is 0.266 e. The molecule has 17 heavy (non-hydrogen) atoms. The SMILES string of the molecule is CC(=O)c1cc(C#N)c(=O)[nH]c1-c1cccs1. The minimum Gasteiger partial charge on any atom is -0.319 e. The van der Waals surface area contributed by atoms with Gasteiger partial charge in [0.15, 0.2) is 5.78 Å². The van der Waals surface area contributed by atoms with Gasteiger partial charge < -0.3 is 4.98 Å². The van der Waals surface area contributed by atoms with E-state index in [1.807, 2.05) is 17.5 Å². The number of nitriles is 1. The lowest BCUT2D eigenvalue weighted by atomic mass is 10.1. The number of ketones is 1. The van der Waals surface area contributed by atoms with Crippen LogP contribution in [0.15, 0.2) is 28.4 Å². The largest absolute Gasteiger partial charge is 0.319 e. The fourth-order valence-corrected chi connectivity index (χ4v) is 2.25. The molecule has 0 aliphatic carbocycles. The van der Waals surface area contributed by atoms with Crippen LogP contribution in [0.25, 0.3) is 10.6 Å². The molecule has 0 aliphatic rings. The molecule has 84 valence electrons. The van der Waals surface area contributed by atoms with E-state index >= 15 is 0 Å². The molecule has 0 radical (unpaired) electrons. The number of nitrogens with one attached hydrogen (secondary N) is 1. The number of pyridine rings is 1. The average molecular weight is 244 g/mol. The molecule has 2 aromatic heterocycles. The minimum absolute atomic E-state index is 0.0458. The van der Waals surface area contributed by atoms with Gasteiger partial charge in [0.05, 0.1) is 10.6 Å². The normalized spacial score (nSPS) is 9.88. The molecule has 0 unspecified atom stereocenters. The number of thiophene rings is 1. The van der Waals surface area contributed by atoms with Crippen molar-refractivity contribution in [2.45, 2.75) is 6.92 Å². The van der Waals surface area contributed by atoms with Gasteiger partial charge in [-0.25, -0.2) is 0 Å². The molecule has 0 fully saturated rings. The van der Waals surface area contributed by atoms with E-state index in [0.29, 0.717) is 11.3 Å². The Labute approximate surface area is 101 Å². The zero-order chi connectivity index (χ0) is 12.4. The van der Waals surface area contributed by atoms with Gasteiger partial charge in [-0.05, 0) is 24.4 Å². The Balaban J connectivity index is 2.76. The summed E-state index contributed by atoms with van der Waals surface area (Å²) in [5, 5.41) is 10.6. The summed E-state index contributed by atoms with van der Waals surface area (Å²) in [6.45, 7) is 1.41. The van der Waals surface area contributed by atoms with E-state index in [2.05, 4.69) is 4.98 Å². The van der Waals surface area contributed by atoms with Gasteiger partial charge in [-0.2, -0.15) is 5.26 Å². The lowest BCUT2D eigenvalue weighted by molar-refractivity contribution is 0.101. The Morgan fingerprint density at radius 1 is 1.53 bits per heavy atom. The Morgan fingerprint density at radius 2 is 2.29 bits per heavy atom. The van der Waals surface area contributed by atoms with Crippen LogP contribution >= 0.6 is 11.3 Å². The molecule has 5 heteroatoms. The third kappa shape index (κ3) is 2.03. The summed E-state index contributed by atoms with van der Waals surface area (Å²) in [6, 6.07) is 6.76. The van der Waals surface area contributed by atoms with E-state index in [4.69, 9.17) is 5.26 Å². The second-order valence-corrected chi connectivity index (χ2v) is 4.39. The number of nitrogens with zero attached hydrogens (tertiary/aromatic N) is 1. The summed E-state index contributed by atoms with van der Waals surface area (Å²) in [6.07, 6.45) is 0. The third-order valence-corrected chi connectivity index (χ3v) is 3.20. The highest BCUT2D eigenvalue weighted by molar-refractivity contribution is 7.13. The summed E-state index contributed by atoms with van der Waals surface area (Å²) in [4.78, 5) is 26.5. The van der Waals surface area contributed by atoms with Crippen LogP contribution in [0.5, 0.6) is 0 Å². The molecule has 0 saturated heterocycles. The first-order valence-electron chi connectivity index (χ1n) is 4.85. The van der Waals surface area contributed by atoms with Gasteiger partial charge in [-0.15, -0.1) is 11.3 Å². The van der Waals surface area contributed by atoms with Gasteiger partial charge in [-0.1, -0.05) is 6.07 Å². The molecule has 2 heterocycles. The second kappa shape index (κ2) is 4.36. The van der Waals surface area contributed by atoms with Crippen LogP contribution in [0, 0.1) is 11.3 Å². The van der Waals surface area contributed by atoms with Crippen molar-refractivity contribution in [3.63, 3.8) is 0 Å². The van der Waals surface area contributed by atoms with Crippen LogP contribution in [0.3, 0.4) is 0 Å². The lowest BCUT2D eigenvalue weighted by Crippen LogP contribution is -2.14. The predicted molar refractivity (Wildman–Crippen MR) is 65.1 cm³/mol. The molecule has 0 aromatic carbocycles. The van der Waals surface area contributed by atoms with E-state index in [1.54, 1.807) is 6.07 Å². The fourth-order valence-electron chi connectivity index (χ4n) is 1.51. The molecule has 2 aromatic rings. The first-order valence-corrected chi connectivity index (χ1v) is 5.73. The quantitative estimate of drug-likeness (QED) is 0.823. The van der Waals surface area contributed by atoms with Gasteiger partial charge in [0.2, 0.25) is 0 Å². The number of aromatic nitrogens is 1. The summed E-state index contributed by atoms with van der Waals surface area (Å²) in [7, 11) is 0. The Morgan fingerprint density at radius 3 is 2.82 bits per heavy atom. The van der Waals surface area contributed by atoms with E-state index < -0.39 is 5.56 Å². The van der Waals surface area contributed by atoms with Gasteiger partial charge >= 0.3 is 0 Å². The van der Waals surface area contributed by atoms with E-state index in [1.165, 1.54) is 24.3 Å². The standard InChI is InChI=1S/C12H8N2O2S/c1-7(15)9-5-8(6-13)12(16)14-11(9)10-3-2-4-17-10/h2-5H,1H3,(H,14,16). The maximum atomic E-state index is 11.6. The number of Topliss-reactive ketones (excluding diaryl/α,β-unsaturated/α-hetero) is 1. The molecule has 0 atom stereocenters. The summed E-state index contributed by atoms with van der Waals surface area (Å²) < 4.78 is 0. The number of aromatic amines is 1. The molecule has 1 N–H and O–H groups in total. The first-order chi connectivity index (χ1) is 8.13. The number of carbonyl (C=O) groups excluding carboxylic acids is 1. The average Bonchev–Trinajstić information content (AvgIpc) is 2.81. The van der Waals surface area contributed by atoms with Crippen molar-refractivity contribution in [1.82, 2.24) is 4.98 Å². The van der Waals surface area contributed by atoms with Crippen molar-refractivity contribution in [3.05, 3.63) is 45.1 Å². The molecule has 2 rings (SSSR count).